The van der Waals surface area contributed by atoms with E-state index >= 15 is 0 Å². The summed E-state index contributed by atoms with van der Waals surface area (Å²) in [6.07, 6.45) is -4.67. The summed E-state index contributed by atoms with van der Waals surface area (Å²) in [6.45, 7) is 1.66. The lowest BCUT2D eigenvalue weighted by molar-refractivity contribution is -0.174. The molecule has 0 radical (unpaired) electrons. The number of nitrogens with one attached hydrogen (secondary N) is 1. The Morgan fingerprint density at radius 3 is 2.26 bits per heavy atom. The van der Waals surface area contributed by atoms with Gasteiger partial charge in [-0.3, -0.25) is 4.79 Å². The molecule has 0 heterocycles. The number of hydrogen-bond acceptors (Lipinski definition) is 4. The van der Waals surface area contributed by atoms with Gasteiger partial charge in [-0.25, -0.2) is 4.79 Å². The quantitative estimate of drug-likeness (QED) is 0.565. The van der Waals surface area contributed by atoms with Gasteiger partial charge in [0.15, 0.2) is 0 Å². The molecule has 0 aromatic carbocycles. The van der Waals surface area contributed by atoms with Crippen LogP contribution in [0.1, 0.15) is 20.3 Å². The number of rotatable bonds is 7. The molecule has 1 atom stereocenters. The monoisotopic (exact) mass is 285 g/mol. The molecule has 0 aliphatic heterocycles. The maximum absolute atomic E-state index is 11.8. The van der Waals surface area contributed by atoms with E-state index in [-0.39, 0.29) is 18.9 Å². The summed E-state index contributed by atoms with van der Waals surface area (Å²) in [7, 11) is 1.19. The highest BCUT2D eigenvalue weighted by molar-refractivity contribution is 5.84. The molecule has 19 heavy (non-hydrogen) atoms. The number of methoxy groups -OCH3 is 1. The number of amides is 1. The topological polar surface area (TPSA) is 64.6 Å². The SMILES string of the molecule is COC(=O)C(NC(=O)CCOCC(F)(F)F)C(C)C. The molecule has 0 rings (SSSR count). The molecule has 0 saturated carbocycles. The van der Waals surface area contributed by atoms with Crippen molar-refractivity contribution < 1.29 is 32.2 Å². The Balaban J connectivity index is 4.04. The van der Waals surface area contributed by atoms with E-state index in [9.17, 15) is 22.8 Å². The number of carbonyl (C=O) groups excluding carboxylic acids is 2. The molecule has 0 saturated heterocycles. The highest BCUT2D eigenvalue weighted by Gasteiger charge is 2.28. The van der Waals surface area contributed by atoms with Crippen molar-refractivity contribution in [2.24, 2.45) is 5.92 Å². The fourth-order valence-corrected chi connectivity index (χ4v) is 1.22. The largest absolute Gasteiger partial charge is 0.467 e. The van der Waals surface area contributed by atoms with Gasteiger partial charge in [0.1, 0.15) is 12.6 Å². The van der Waals surface area contributed by atoms with Gasteiger partial charge in [-0.15, -0.1) is 0 Å². The van der Waals surface area contributed by atoms with Gasteiger partial charge in [0.25, 0.3) is 0 Å². The minimum atomic E-state index is -4.41. The zero-order valence-corrected chi connectivity index (χ0v) is 11.0. The summed E-state index contributed by atoms with van der Waals surface area (Å²) in [6, 6.07) is -0.819. The van der Waals surface area contributed by atoms with E-state index in [1.165, 1.54) is 7.11 Å². The van der Waals surface area contributed by atoms with Crippen molar-refractivity contribution in [2.45, 2.75) is 32.5 Å². The molecule has 1 N–H and O–H groups in total. The van der Waals surface area contributed by atoms with E-state index in [1.54, 1.807) is 13.8 Å². The Morgan fingerprint density at radius 2 is 1.84 bits per heavy atom. The highest BCUT2D eigenvalue weighted by Crippen LogP contribution is 2.14. The van der Waals surface area contributed by atoms with E-state index < -0.39 is 30.7 Å². The van der Waals surface area contributed by atoms with Gasteiger partial charge in [0.05, 0.1) is 13.7 Å². The number of ether oxygens (including phenoxy) is 2. The lowest BCUT2D eigenvalue weighted by atomic mass is 10.0. The van der Waals surface area contributed by atoms with Crippen LogP contribution < -0.4 is 5.32 Å². The second kappa shape index (κ2) is 7.98. The number of carbonyl (C=O) groups is 2. The molecule has 0 aromatic rings. The van der Waals surface area contributed by atoms with Crippen molar-refractivity contribution in [3.63, 3.8) is 0 Å². The van der Waals surface area contributed by atoms with Gasteiger partial charge >= 0.3 is 12.1 Å². The lowest BCUT2D eigenvalue weighted by Crippen LogP contribution is -2.45. The molecule has 0 fully saturated rings. The highest BCUT2D eigenvalue weighted by atomic mass is 19.4. The van der Waals surface area contributed by atoms with Crippen LogP contribution in [-0.2, 0) is 19.1 Å². The molecule has 0 bridgehead atoms. The number of halogens is 3. The Labute approximate surface area is 109 Å². The summed E-state index contributed by atoms with van der Waals surface area (Å²) in [5.41, 5.74) is 0. The average molecular weight is 285 g/mol. The molecule has 1 unspecified atom stereocenters. The molecule has 5 nitrogen and oxygen atoms in total. The van der Waals surface area contributed by atoms with Crippen molar-refractivity contribution >= 4 is 11.9 Å². The van der Waals surface area contributed by atoms with Gasteiger partial charge in [-0.2, -0.15) is 13.2 Å². The van der Waals surface area contributed by atoms with Crippen molar-refractivity contribution in [3.8, 4) is 0 Å². The second-order valence-corrected chi connectivity index (χ2v) is 4.23. The first-order valence-corrected chi connectivity index (χ1v) is 5.69. The summed E-state index contributed by atoms with van der Waals surface area (Å²) >= 11 is 0. The lowest BCUT2D eigenvalue weighted by Gasteiger charge is -2.19. The van der Waals surface area contributed by atoms with E-state index in [1.807, 2.05) is 0 Å². The van der Waals surface area contributed by atoms with Crippen LogP contribution in [0.3, 0.4) is 0 Å². The van der Waals surface area contributed by atoms with Gasteiger partial charge in [-0.05, 0) is 5.92 Å². The minimum Gasteiger partial charge on any atom is -0.467 e. The molecular formula is C11H18F3NO4. The van der Waals surface area contributed by atoms with Crippen LogP contribution >= 0.6 is 0 Å². The second-order valence-electron chi connectivity index (χ2n) is 4.23. The zero-order valence-electron chi connectivity index (χ0n) is 11.0. The van der Waals surface area contributed by atoms with Crippen molar-refractivity contribution in [1.82, 2.24) is 5.32 Å². The van der Waals surface area contributed by atoms with E-state index in [2.05, 4.69) is 14.8 Å². The number of esters is 1. The Morgan fingerprint density at radius 1 is 1.26 bits per heavy atom. The molecule has 1 amide bonds. The van der Waals surface area contributed by atoms with Crippen LogP contribution in [0.4, 0.5) is 13.2 Å². The Bertz CT molecular complexity index is 305. The summed E-state index contributed by atoms with van der Waals surface area (Å²) in [5.74, 6) is -1.35. The van der Waals surface area contributed by atoms with Crippen LogP contribution in [0.15, 0.2) is 0 Å². The van der Waals surface area contributed by atoms with Gasteiger partial charge in [0, 0.05) is 6.42 Å². The maximum Gasteiger partial charge on any atom is 0.411 e. The third kappa shape index (κ3) is 8.41. The van der Waals surface area contributed by atoms with E-state index in [0.717, 1.165) is 0 Å². The fraction of sp³-hybridized carbons (Fsp3) is 0.818. The molecule has 0 aromatic heterocycles. The minimum absolute atomic E-state index is 0.188. The standard InChI is InChI=1S/C11H18F3NO4/c1-7(2)9(10(17)18-3)15-8(16)4-5-19-6-11(12,13)14/h7,9H,4-6H2,1-3H3,(H,15,16). The fourth-order valence-electron chi connectivity index (χ4n) is 1.22. The van der Waals surface area contributed by atoms with Gasteiger partial charge in [0.2, 0.25) is 5.91 Å². The molecule has 0 aliphatic carbocycles. The number of hydrogen-bond donors (Lipinski definition) is 1. The van der Waals surface area contributed by atoms with Gasteiger partial charge < -0.3 is 14.8 Å². The average Bonchev–Trinajstić information content (AvgIpc) is 2.29. The van der Waals surface area contributed by atoms with Crippen molar-refractivity contribution in [1.29, 1.82) is 0 Å². The smallest absolute Gasteiger partial charge is 0.411 e. The predicted octanol–water partition coefficient (Wildman–Crippen LogP) is 1.27. The van der Waals surface area contributed by atoms with E-state index in [0.29, 0.717) is 0 Å². The predicted molar refractivity (Wildman–Crippen MR) is 60.3 cm³/mol. The van der Waals surface area contributed by atoms with Crippen LogP contribution in [-0.4, -0.2) is 44.4 Å². The first-order chi connectivity index (χ1) is 8.67. The van der Waals surface area contributed by atoms with Crippen LogP contribution in [0.5, 0.6) is 0 Å². The summed E-state index contributed by atoms with van der Waals surface area (Å²) < 4.78 is 44.1. The first-order valence-electron chi connectivity index (χ1n) is 5.69. The maximum atomic E-state index is 11.8. The van der Waals surface area contributed by atoms with E-state index in [4.69, 9.17) is 0 Å². The van der Waals surface area contributed by atoms with Crippen molar-refractivity contribution in [3.05, 3.63) is 0 Å². The van der Waals surface area contributed by atoms with Gasteiger partial charge in [-0.1, -0.05) is 13.8 Å². The third-order valence-corrected chi connectivity index (χ3v) is 2.18. The normalized spacial score (nSPS) is 13.2. The molecule has 0 aliphatic rings. The van der Waals surface area contributed by atoms with Crippen molar-refractivity contribution in [2.75, 3.05) is 20.3 Å². The molecule has 8 heteroatoms. The Kier molecular flexibility index (Phi) is 7.43. The number of alkyl halides is 3. The molecule has 112 valence electrons. The Hall–Kier alpha value is -1.31. The zero-order chi connectivity index (χ0) is 15.1. The van der Waals surface area contributed by atoms with Crippen LogP contribution in [0.2, 0.25) is 0 Å². The van der Waals surface area contributed by atoms with Crippen LogP contribution in [0, 0.1) is 5.92 Å². The summed E-state index contributed by atoms with van der Waals surface area (Å²) in [5, 5.41) is 2.39. The molecule has 0 spiro atoms. The van der Waals surface area contributed by atoms with Crippen LogP contribution in [0.25, 0.3) is 0 Å². The third-order valence-electron chi connectivity index (χ3n) is 2.18. The molecular weight excluding hydrogens is 267 g/mol. The first kappa shape index (κ1) is 17.7. The summed E-state index contributed by atoms with van der Waals surface area (Å²) in [4.78, 5) is 22.8.